The highest BCUT2D eigenvalue weighted by Gasteiger charge is 2.38. The molecule has 0 aromatic heterocycles. The largest absolute Gasteiger partial charge is 0.392 e. The van der Waals surface area contributed by atoms with Crippen molar-refractivity contribution in [3.05, 3.63) is 33.8 Å². The number of benzene rings is 1. The van der Waals surface area contributed by atoms with Crippen LogP contribution in [0.4, 0.5) is 0 Å². The normalized spacial score (nSPS) is 20.0. The fourth-order valence-electron chi connectivity index (χ4n) is 3.13. The molecule has 1 nitrogen and oxygen atoms in total. The van der Waals surface area contributed by atoms with Gasteiger partial charge in [-0.2, -0.15) is 0 Å². The molecule has 1 aliphatic carbocycles. The second-order valence-electron chi connectivity index (χ2n) is 5.38. The molecule has 0 bridgehead atoms. The van der Waals surface area contributed by atoms with E-state index in [-0.39, 0.29) is 11.5 Å². The third kappa shape index (κ3) is 2.84. The van der Waals surface area contributed by atoms with E-state index in [1.807, 2.05) is 6.07 Å². The second kappa shape index (κ2) is 5.81. The monoisotopic (exact) mass is 286 g/mol. The molecule has 1 atom stereocenters. The first-order chi connectivity index (χ1) is 8.57. The Balaban J connectivity index is 2.15. The Morgan fingerprint density at radius 3 is 2.56 bits per heavy atom. The van der Waals surface area contributed by atoms with Gasteiger partial charge in [-0.05, 0) is 48.4 Å². The molecule has 1 saturated carbocycles. The van der Waals surface area contributed by atoms with E-state index in [2.05, 4.69) is 6.92 Å². The molecule has 1 aromatic rings. The van der Waals surface area contributed by atoms with Gasteiger partial charge in [0.05, 0.1) is 6.10 Å². The summed E-state index contributed by atoms with van der Waals surface area (Å²) in [6.07, 6.45) is 6.04. The second-order valence-corrected chi connectivity index (χ2v) is 6.22. The maximum absolute atomic E-state index is 10.6. The average Bonchev–Trinajstić information content (AvgIpc) is 2.84. The highest BCUT2D eigenvalue weighted by molar-refractivity contribution is 6.33. The minimum atomic E-state index is -0.319. The van der Waals surface area contributed by atoms with Crippen molar-refractivity contribution in [2.75, 3.05) is 0 Å². The number of hydrogen-bond acceptors (Lipinski definition) is 1. The minimum absolute atomic E-state index is 0.0889. The maximum Gasteiger partial charge on any atom is 0.0637 e. The zero-order valence-corrected chi connectivity index (χ0v) is 12.3. The van der Waals surface area contributed by atoms with Gasteiger partial charge in [0.15, 0.2) is 0 Å². The first kappa shape index (κ1) is 14.2. The van der Waals surface area contributed by atoms with Gasteiger partial charge < -0.3 is 5.11 Å². The molecule has 1 aromatic carbocycles. The van der Waals surface area contributed by atoms with Crippen molar-refractivity contribution in [1.29, 1.82) is 0 Å². The Morgan fingerprint density at radius 2 is 1.94 bits per heavy atom. The zero-order valence-electron chi connectivity index (χ0n) is 10.8. The van der Waals surface area contributed by atoms with Crippen molar-refractivity contribution in [1.82, 2.24) is 0 Å². The Kier molecular flexibility index (Phi) is 4.58. The molecule has 0 heterocycles. The average molecular weight is 287 g/mol. The lowest BCUT2D eigenvalue weighted by molar-refractivity contribution is 0.0257. The van der Waals surface area contributed by atoms with Gasteiger partial charge >= 0.3 is 0 Å². The van der Waals surface area contributed by atoms with Gasteiger partial charge in [0.1, 0.15) is 0 Å². The van der Waals surface area contributed by atoms with Crippen LogP contribution in [0, 0.1) is 5.41 Å². The SMILES string of the molecule is CCC1(C(O)Cc2cc(Cl)ccc2Cl)CCCC1. The third-order valence-electron chi connectivity index (χ3n) is 4.43. The molecule has 3 heteroatoms. The summed E-state index contributed by atoms with van der Waals surface area (Å²) in [5, 5.41) is 11.9. The predicted molar refractivity (Wildman–Crippen MR) is 77.4 cm³/mol. The van der Waals surface area contributed by atoms with Crippen molar-refractivity contribution < 1.29 is 5.11 Å². The summed E-state index contributed by atoms with van der Waals surface area (Å²) in [6.45, 7) is 2.17. The number of halogens is 2. The van der Waals surface area contributed by atoms with Crippen LogP contribution in [0.2, 0.25) is 10.0 Å². The Labute approximate surface area is 119 Å². The molecule has 0 saturated heterocycles. The van der Waals surface area contributed by atoms with Crippen LogP contribution in [0.3, 0.4) is 0 Å². The molecular formula is C15H20Cl2O. The van der Waals surface area contributed by atoms with Crippen LogP contribution < -0.4 is 0 Å². The van der Waals surface area contributed by atoms with E-state index in [1.165, 1.54) is 12.8 Å². The summed E-state index contributed by atoms with van der Waals surface area (Å²) in [6, 6.07) is 5.45. The molecular weight excluding hydrogens is 267 g/mol. The molecule has 1 unspecified atom stereocenters. The summed E-state index contributed by atoms with van der Waals surface area (Å²) in [7, 11) is 0. The van der Waals surface area contributed by atoms with Gasteiger partial charge in [-0.1, -0.05) is 43.0 Å². The molecule has 18 heavy (non-hydrogen) atoms. The maximum atomic E-state index is 10.6. The van der Waals surface area contributed by atoms with Crippen molar-refractivity contribution in [3.8, 4) is 0 Å². The molecule has 1 aliphatic rings. The van der Waals surface area contributed by atoms with Gasteiger partial charge in [-0.15, -0.1) is 0 Å². The molecule has 0 aliphatic heterocycles. The Morgan fingerprint density at radius 1 is 1.28 bits per heavy atom. The number of rotatable bonds is 4. The molecule has 100 valence electrons. The van der Waals surface area contributed by atoms with Crippen LogP contribution in [0.5, 0.6) is 0 Å². The fourth-order valence-corrected chi connectivity index (χ4v) is 3.52. The lowest BCUT2D eigenvalue weighted by Gasteiger charge is -2.33. The summed E-state index contributed by atoms with van der Waals surface area (Å²) in [5.41, 5.74) is 1.04. The van der Waals surface area contributed by atoms with E-state index in [1.54, 1.807) is 12.1 Å². The topological polar surface area (TPSA) is 20.2 Å². The minimum Gasteiger partial charge on any atom is -0.392 e. The van der Waals surface area contributed by atoms with E-state index in [4.69, 9.17) is 23.2 Å². The van der Waals surface area contributed by atoms with Gasteiger partial charge in [0.2, 0.25) is 0 Å². The Hall–Kier alpha value is -0.240. The van der Waals surface area contributed by atoms with Crippen molar-refractivity contribution in [2.45, 2.75) is 51.6 Å². The van der Waals surface area contributed by atoms with Gasteiger partial charge in [0.25, 0.3) is 0 Å². The summed E-state index contributed by atoms with van der Waals surface area (Å²) < 4.78 is 0. The lowest BCUT2D eigenvalue weighted by atomic mass is 9.76. The van der Waals surface area contributed by atoms with Crippen LogP contribution in [-0.2, 0) is 6.42 Å². The smallest absolute Gasteiger partial charge is 0.0637 e. The number of aliphatic hydroxyl groups is 1. The fraction of sp³-hybridized carbons (Fsp3) is 0.600. The molecule has 0 radical (unpaired) electrons. The van der Waals surface area contributed by atoms with Crippen molar-refractivity contribution in [2.24, 2.45) is 5.41 Å². The standard InChI is InChI=1S/C15H20Cl2O/c1-2-15(7-3-4-8-15)14(18)10-11-9-12(16)5-6-13(11)17/h5-6,9,14,18H,2-4,7-8,10H2,1H3. The van der Waals surface area contributed by atoms with E-state index in [0.717, 1.165) is 24.8 Å². The molecule has 2 rings (SSSR count). The summed E-state index contributed by atoms with van der Waals surface area (Å²) in [4.78, 5) is 0. The van der Waals surface area contributed by atoms with Crippen LogP contribution in [-0.4, -0.2) is 11.2 Å². The van der Waals surface area contributed by atoms with Crippen LogP contribution in [0.25, 0.3) is 0 Å². The summed E-state index contributed by atoms with van der Waals surface area (Å²) >= 11 is 12.2. The van der Waals surface area contributed by atoms with Crippen LogP contribution in [0.1, 0.15) is 44.6 Å². The van der Waals surface area contributed by atoms with E-state index >= 15 is 0 Å². The molecule has 0 spiro atoms. The highest BCUT2D eigenvalue weighted by atomic mass is 35.5. The van der Waals surface area contributed by atoms with Crippen molar-refractivity contribution in [3.63, 3.8) is 0 Å². The van der Waals surface area contributed by atoms with Gasteiger partial charge in [-0.25, -0.2) is 0 Å². The zero-order chi connectivity index (χ0) is 13.2. The number of aliphatic hydroxyl groups excluding tert-OH is 1. The quantitative estimate of drug-likeness (QED) is 0.837. The number of hydrogen-bond donors (Lipinski definition) is 1. The molecule has 0 amide bonds. The predicted octanol–water partition coefficient (Wildman–Crippen LogP) is 4.87. The van der Waals surface area contributed by atoms with E-state index in [9.17, 15) is 5.11 Å². The first-order valence-corrected chi connectivity index (χ1v) is 7.45. The first-order valence-electron chi connectivity index (χ1n) is 6.69. The van der Waals surface area contributed by atoms with Crippen LogP contribution in [0.15, 0.2) is 18.2 Å². The van der Waals surface area contributed by atoms with E-state index in [0.29, 0.717) is 16.5 Å². The van der Waals surface area contributed by atoms with Gasteiger partial charge in [-0.3, -0.25) is 0 Å². The van der Waals surface area contributed by atoms with Crippen molar-refractivity contribution >= 4 is 23.2 Å². The third-order valence-corrected chi connectivity index (χ3v) is 5.04. The highest BCUT2D eigenvalue weighted by Crippen LogP contribution is 2.45. The van der Waals surface area contributed by atoms with Gasteiger partial charge in [0, 0.05) is 16.5 Å². The van der Waals surface area contributed by atoms with Crippen LogP contribution >= 0.6 is 23.2 Å². The lowest BCUT2D eigenvalue weighted by Crippen LogP contribution is -2.33. The van der Waals surface area contributed by atoms with E-state index < -0.39 is 0 Å². The molecule has 1 N–H and O–H groups in total. The Bertz CT molecular complexity index is 411. The molecule has 1 fully saturated rings. The summed E-state index contributed by atoms with van der Waals surface area (Å²) in [5.74, 6) is 0.